The lowest BCUT2D eigenvalue weighted by molar-refractivity contribution is 0.0630. The van der Waals surface area contributed by atoms with Crippen molar-refractivity contribution in [2.45, 2.75) is 6.54 Å². The van der Waals surface area contributed by atoms with Crippen LogP contribution < -0.4 is 9.47 Å². The molecule has 6 nitrogen and oxygen atoms in total. The lowest BCUT2D eigenvalue weighted by atomic mass is 10.0. The molecule has 178 valence electrons. The molecule has 1 amide bonds. The molecule has 0 spiro atoms. The number of benzene rings is 3. The van der Waals surface area contributed by atoms with Crippen LogP contribution in [0.3, 0.4) is 0 Å². The SMILES string of the molecule is COc1ccc(-c2cc(C(=O)N3CCN(Cc4ccccc4)CC3)c3ccccc3n2)c(OC)c1. The monoisotopic (exact) mass is 467 g/mol. The molecule has 1 fully saturated rings. The molecule has 4 aromatic rings. The first kappa shape index (κ1) is 22.9. The first-order valence-electron chi connectivity index (χ1n) is 11.8. The van der Waals surface area contributed by atoms with Gasteiger partial charge in [-0.25, -0.2) is 4.98 Å². The highest BCUT2D eigenvalue weighted by molar-refractivity contribution is 6.07. The molecular formula is C29H29N3O3. The number of carbonyl (C=O) groups excluding carboxylic acids is 1. The van der Waals surface area contributed by atoms with E-state index in [0.29, 0.717) is 35.8 Å². The number of nitrogens with zero attached hydrogens (tertiary/aromatic N) is 3. The normalized spacial score (nSPS) is 14.2. The molecule has 0 bridgehead atoms. The number of hydrogen-bond acceptors (Lipinski definition) is 5. The van der Waals surface area contributed by atoms with Crippen LogP contribution in [0.25, 0.3) is 22.2 Å². The van der Waals surface area contributed by atoms with E-state index < -0.39 is 0 Å². The number of piperazine rings is 1. The predicted molar refractivity (Wildman–Crippen MR) is 138 cm³/mol. The second-order valence-corrected chi connectivity index (χ2v) is 8.69. The minimum Gasteiger partial charge on any atom is -0.497 e. The fourth-order valence-corrected chi connectivity index (χ4v) is 4.62. The third-order valence-corrected chi connectivity index (χ3v) is 6.54. The highest BCUT2D eigenvalue weighted by atomic mass is 16.5. The van der Waals surface area contributed by atoms with Crippen LogP contribution in [0.4, 0.5) is 0 Å². The van der Waals surface area contributed by atoms with E-state index in [9.17, 15) is 4.79 Å². The fourth-order valence-electron chi connectivity index (χ4n) is 4.62. The van der Waals surface area contributed by atoms with Gasteiger partial charge < -0.3 is 14.4 Å². The number of carbonyl (C=O) groups is 1. The van der Waals surface area contributed by atoms with Crippen molar-refractivity contribution in [3.05, 3.63) is 90.0 Å². The summed E-state index contributed by atoms with van der Waals surface area (Å²) in [7, 11) is 3.25. The Kier molecular flexibility index (Phi) is 6.64. The van der Waals surface area contributed by atoms with Gasteiger partial charge in [-0.2, -0.15) is 0 Å². The van der Waals surface area contributed by atoms with Gasteiger partial charge in [0.05, 0.1) is 31.0 Å². The maximum Gasteiger partial charge on any atom is 0.254 e. The molecule has 0 aliphatic carbocycles. The van der Waals surface area contributed by atoms with Gasteiger partial charge >= 0.3 is 0 Å². The smallest absolute Gasteiger partial charge is 0.254 e. The van der Waals surface area contributed by atoms with Crippen LogP contribution in [0.15, 0.2) is 78.9 Å². The molecule has 0 unspecified atom stereocenters. The standard InChI is InChI=1S/C29H29N3O3/c1-34-22-12-13-24(28(18-22)35-2)27-19-25(23-10-6-7-11-26(23)30-27)29(33)32-16-14-31(15-17-32)20-21-8-4-3-5-9-21/h3-13,18-19H,14-17,20H2,1-2H3. The number of pyridine rings is 1. The molecule has 1 aliphatic rings. The highest BCUT2D eigenvalue weighted by Gasteiger charge is 2.25. The zero-order chi connectivity index (χ0) is 24.2. The molecule has 0 atom stereocenters. The zero-order valence-electron chi connectivity index (χ0n) is 20.1. The maximum absolute atomic E-state index is 13.7. The summed E-state index contributed by atoms with van der Waals surface area (Å²) in [4.78, 5) is 23.0. The van der Waals surface area contributed by atoms with Crippen molar-refractivity contribution in [1.29, 1.82) is 0 Å². The lowest BCUT2D eigenvalue weighted by Gasteiger charge is -2.35. The predicted octanol–water partition coefficient (Wildman–Crippen LogP) is 4.88. The van der Waals surface area contributed by atoms with Crippen molar-refractivity contribution in [3.63, 3.8) is 0 Å². The van der Waals surface area contributed by atoms with Gasteiger partial charge in [0.2, 0.25) is 0 Å². The maximum atomic E-state index is 13.7. The molecule has 5 rings (SSSR count). The molecule has 1 saturated heterocycles. The van der Waals surface area contributed by atoms with E-state index in [0.717, 1.165) is 36.1 Å². The van der Waals surface area contributed by atoms with Crippen molar-refractivity contribution in [3.8, 4) is 22.8 Å². The van der Waals surface area contributed by atoms with Gasteiger partial charge in [0.15, 0.2) is 0 Å². The first-order valence-corrected chi connectivity index (χ1v) is 11.8. The summed E-state index contributed by atoms with van der Waals surface area (Å²) in [5.41, 5.74) is 4.27. The molecule has 0 saturated carbocycles. The van der Waals surface area contributed by atoms with E-state index in [1.54, 1.807) is 14.2 Å². The Morgan fingerprint density at radius 3 is 2.34 bits per heavy atom. The zero-order valence-corrected chi connectivity index (χ0v) is 20.1. The van der Waals surface area contributed by atoms with Crippen molar-refractivity contribution in [1.82, 2.24) is 14.8 Å². The number of hydrogen-bond donors (Lipinski definition) is 0. The van der Waals surface area contributed by atoms with E-state index in [2.05, 4.69) is 29.2 Å². The molecule has 1 aliphatic heterocycles. The minimum atomic E-state index is 0.0386. The van der Waals surface area contributed by atoms with Crippen molar-refractivity contribution in [2.24, 2.45) is 0 Å². The summed E-state index contributed by atoms with van der Waals surface area (Å²) in [6.45, 7) is 4.00. The summed E-state index contributed by atoms with van der Waals surface area (Å²) >= 11 is 0. The second kappa shape index (κ2) is 10.2. The van der Waals surface area contributed by atoms with E-state index in [-0.39, 0.29) is 5.91 Å². The van der Waals surface area contributed by atoms with Gasteiger partial charge in [0, 0.05) is 49.7 Å². The van der Waals surface area contributed by atoms with Crippen LogP contribution in [0.1, 0.15) is 15.9 Å². The Labute approximate surface area is 205 Å². The molecule has 6 heteroatoms. The number of aromatic nitrogens is 1. The Balaban J connectivity index is 1.43. The molecule has 35 heavy (non-hydrogen) atoms. The van der Waals surface area contributed by atoms with Gasteiger partial charge in [0.25, 0.3) is 5.91 Å². The molecule has 2 heterocycles. The average molecular weight is 468 g/mol. The summed E-state index contributed by atoms with van der Waals surface area (Å²) in [5, 5.41) is 0.862. The number of methoxy groups -OCH3 is 2. The van der Waals surface area contributed by atoms with E-state index in [1.807, 2.05) is 59.5 Å². The van der Waals surface area contributed by atoms with Crippen LogP contribution in [0, 0.1) is 0 Å². The van der Waals surface area contributed by atoms with Gasteiger partial charge in [0.1, 0.15) is 11.5 Å². The van der Waals surface area contributed by atoms with Crippen LogP contribution in [0.5, 0.6) is 11.5 Å². The summed E-state index contributed by atoms with van der Waals surface area (Å²) in [6, 6.07) is 25.8. The summed E-state index contributed by atoms with van der Waals surface area (Å²) in [5.74, 6) is 1.40. The number of fused-ring (bicyclic) bond motifs is 1. The van der Waals surface area contributed by atoms with Crippen LogP contribution in [-0.4, -0.2) is 61.1 Å². The number of para-hydroxylation sites is 1. The second-order valence-electron chi connectivity index (χ2n) is 8.69. The third-order valence-electron chi connectivity index (χ3n) is 6.54. The highest BCUT2D eigenvalue weighted by Crippen LogP contribution is 2.34. The lowest BCUT2D eigenvalue weighted by Crippen LogP contribution is -2.48. The third kappa shape index (κ3) is 4.84. The van der Waals surface area contributed by atoms with Crippen molar-refractivity contribution >= 4 is 16.8 Å². The Morgan fingerprint density at radius 1 is 0.857 bits per heavy atom. The van der Waals surface area contributed by atoms with Crippen molar-refractivity contribution in [2.75, 3.05) is 40.4 Å². The summed E-state index contributed by atoms with van der Waals surface area (Å²) in [6.07, 6.45) is 0. The topological polar surface area (TPSA) is 54.9 Å². The fraction of sp³-hybridized carbons (Fsp3) is 0.241. The Hall–Kier alpha value is -3.90. The average Bonchev–Trinajstić information content (AvgIpc) is 2.92. The molecule has 0 radical (unpaired) electrons. The molecular weight excluding hydrogens is 438 g/mol. The largest absolute Gasteiger partial charge is 0.497 e. The van der Waals surface area contributed by atoms with Crippen LogP contribution in [-0.2, 0) is 6.54 Å². The molecule has 3 aromatic carbocycles. The Bertz CT molecular complexity index is 1330. The quantitative estimate of drug-likeness (QED) is 0.405. The number of ether oxygens (including phenoxy) is 2. The minimum absolute atomic E-state index is 0.0386. The van der Waals surface area contributed by atoms with Gasteiger partial charge in [-0.15, -0.1) is 0 Å². The first-order chi connectivity index (χ1) is 17.2. The van der Waals surface area contributed by atoms with Gasteiger partial charge in [-0.3, -0.25) is 9.69 Å². The van der Waals surface area contributed by atoms with Crippen molar-refractivity contribution < 1.29 is 14.3 Å². The summed E-state index contributed by atoms with van der Waals surface area (Å²) < 4.78 is 11.0. The van der Waals surface area contributed by atoms with Gasteiger partial charge in [-0.1, -0.05) is 48.5 Å². The number of amides is 1. The van der Waals surface area contributed by atoms with Crippen LogP contribution >= 0.6 is 0 Å². The van der Waals surface area contributed by atoms with E-state index in [1.165, 1.54) is 5.56 Å². The molecule has 0 N–H and O–H groups in total. The number of rotatable bonds is 6. The Morgan fingerprint density at radius 2 is 1.60 bits per heavy atom. The van der Waals surface area contributed by atoms with Gasteiger partial charge in [-0.05, 0) is 29.8 Å². The van der Waals surface area contributed by atoms with E-state index in [4.69, 9.17) is 14.5 Å². The van der Waals surface area contributed by atoms with E-state index >= 15 is 0 Å². The van der Waals surface area contributed by atoms with Crippen LogP contribution in [0.2, 0.25) is 0 Å². The molecule has 1 aromatic heterocycles.